The standard InChI is InChI=1S/C19H20N4O/c20-12-18(19(24)23-14-17-9-5-10-21-13-17)15-22-11-4-8-16-6-2-1-3-7-16/h1-3,5-7,9-10,13,15,22H,4,8,11,14H2,(H,23,24)/b18-15-. The van der Waals surface area contributed by atoms with Crippen molar-refractivity contribution in [2.24, 2.45) is 0 Å². The molecule has 24 heavy (non-hydrogen) atoms. The quantitative estimate of drug-likeness (QED) is 0.444. The van der Waals surface area contributed by atoms with Gasteiger partial charge >= 0.3 is 0 Å². The second-order valence-electron chi connectivity index (χ2n) is 5.26. The first kappa shape index (κ1) is 17.2. The fraction of sp³-hybridized carbons (Fsp3) is 0.211. The van der Waals surface area contributed by atoms with Crippen LogP contribution in [0, 0.1) is 11.3 Å². The molecular weight excluding hydrogens is 300 g/mol. The van der Waals surface area contributed by atoms with Crippen molar-refractivity contribution in [3.05, 3.63) is 77.8 Å². The molecule has 2 rings (SSSR count). The summed E-state index contributed by atoms with van der Waals surface area (Å²) in [4.78, 5) is 15.9. The van der Waals surface area contributed by atoms with Gasteiger partial charge in [-0.1, -0.05) is 36.4 Å². The lowest BCUT2D eigenvalue weighted by molar-refractivity contribution is -0.117. The van der Waals surface area contributed by atoms with Gasteiger partial charge in [-0.2, -0.15) is 5.26 Å². The maximum Gasteiger partial charge on any atom is 0.263 e. The summed E-state index contributed by atoms with van der Waals surface area (Å²) in [6.07, 6.45) is 6.71. The molecule has 0 radical (unpaired) electrons. The number of nitrogens with one attached hydrogen (secondary N) is 2. The van der Waals surface area contributed by atoms with Crippen molar-refractivity contribution in [1.29, 1.82) is 5.26 Å². The lowest BCUT2D eigenvalue weighted by atomic mass is 10.1. The van der Waals surface area contributed by atoms with E-state index in [4.69, 9.17) is 5.26 Å². The van der Waals surface area contributed by atoms with E-state index in [1.165, 1.54) is 11.8 Å². The molecule has 5 nitrogen and oxygen atoms in total. The van der Waals surface area contributed by atoms with Gasteiger partial charge in [0.2, 0.25) is 0 Å². The maximum absolute atomic E-state index is 12.0. The molecule has 2 aromatic rings. The van der Waals surface area contributed by atoms with E-state index in [-0.39, 0.29) is 5.57 Å². The van der Waals surface area contributed by atoms with E-state index in [9.17, 15) is 4.79 Å². The third kappa shape index (κ3) is 5.93. The molecule has 0 aliphatic heterocycles. The predicted octanol–water partition coefficient (Wildman–Crippen LogP) is 2.33. The number of pyridine rings is 1. The predicted molar refractivity (Wildman–Crippen MR) is 92.5 cm³/mol. The number of hydrogen-bond acceptors (Lipinski definition) is 4. The summed E-state index contributed by atoms with van der Waals surface area (Å²) >= 11 is 0. The number of benzene rings is 1. The highest BCUT2D eigenvalue weighted by Crippen LogP contribution is 2.01. The van der Waals surface area contributed by atoms with Crippen molar-refractivity contribution in [2.45, 2.75) is 19.4 Å². The van der Waals surface area contributed by atoms with Crippen LogP contribution in [0.2, 0.25) is 0 Å². The van der Waals surface area contributed by atoms with Crippen molar-refractivity contribution >= 4 is 5.91 Å². The number of aromatic nitrogens is 1. The van der Waals surface area contributed by atoms with Crippen LogP contribution in [0.1, 0.15) is 17.5 Å². The summed E-state index contributed by atoms with van der Waals surface area (Å²) in [6, 6.07) is 15.8. The highest BCUT2D eigenvalue weighted by Gasteiger charge is 2.08. The van der Waals surface area contributed by atoms with E-state index in [0.717, 1.165) is 18.4 Å². The Hall–Kier alpha value is -3.13. The molecule has 1 heterocycles. The van der Waals surface area contributed by atoms with Gasteiger partial charge in [-0.15, -0.1) is 0 Å². The van der Waals surface area contributed by atoms with Gasteiger partial charge < -0.3 is 10.6 Å². The number of aryl methyl sites for hydroxylation is 1. The van der Waals surface area contributed by atoms with E-state index < -0.39 is 5.91 Å². The summed E-state index contributed by atoms with van der Waals surface area (Å²) < 4.78 is 0. The van der Waals surface area contributed by atoms with Gasteiger partial charge in [0.1, 0.15) is 11.6 Å². The van der Waals surface area contributed by atoms with Crippen LogP contribution in [0.15, 0.2) is 66.6 Å². The van der Waals surface area contributed by atoms with Crippen LogP contribution < -0.4 is 10.6 Å². The average molecular weight is 320 g/mol. The van der Waals surface area contributed by atoms with E-state index in [2.05, 4.69) is 27.8 Å². The number of carbonyl (C=O) groups excluding carboxylic acids is 1. The lowest BCUT2D eigenvalue weighted by Gasteiger charge is -2.05. The molecule has 0 saturated heterocycles. The first-order valence-corrected chi connectivity index (χ1v) is 7.84. The van der Waals surface area contributed by atoms with Crippen molar-refractivity contribution in [3.63, 3.8) is 0 Å². The molecule has 0 bridgehead atoms. The number of amides is 1. The van der Waals surface area contributed by atoms with Crippen LogP contribution in [-0.2, 0) is 17.8 Å². The van der Waals surface area contributed by atoms with Crippen molar-refractivity contribution in [3.8, 4) is 6.07 Å². The van der Waals surface area contributed by atoms with Crippen molar-refractivity contribution in [2.75, 3.05) is 6.54 Å². The molecule has 0 aliphatic carbocycles. The van der Waals surface area contributed by atoms with Gasteiger partial charge in [-0.3, -0.25) is 9.78 Å². The van der Waals surface area contributed by atoms with Crippen LogP contribution in [0.5, 0.6) is 0 Å². The molecule has 2 N–H and O–H groups in total. The van der Waals surface area contributed by atoms with E-state index in [0.29, 0.717) is 13.1 Å². The average Bonchev–Trinajstić information content (AvgIpc) is 2.64. The maximum atomic E-state index is 12.0. The van der Waals surface area contributed by atoms with Crippen molar-refractivity contribution in [1.82, 2.24) is 15.6 Å². The summed E-state index contributed by atoms with van der Waals surface area (Å²) in [5, 5.41) is 14.8. The van der Waals surface area contributed by atoms with Gasteiger partial charge in [0.15, 0.2) is 0 Å². The second kappa shape index (κ2) is 9.80. The van der Waals surface area contributed by atoms with Crippen LogP contribution in [-0.4, -0.2) is 17.4 Å². The smallest absolute Gasteiger partial charge is 0.263 e. The fourth-order valence-corrected chi connectivity index (χ4v) is 2.14. The Labute approximate surface area is 142 Å². The van der Waals surface area contributed by atoms with E-state index in [1.807, 2.05) is 30.3 Å². The number of hydrogen-bond donors (Lipinski definition) is 2. The fourth-order valence-electron chi connectivity index (χ4n) is 2.14. The van der Waals surface area contributed by atoms with Gasteiger partial charge in [-0.05, 0) is 30.0 Å². The highest BCUT2D eigenvalue weighted by molar-refractivity contribution is 5.97. The molecule has 1 aromatic carbocycles. The Balaban J connectivity index is 1.72. The summed E-state index contributed by atoms with van der Waals surface area (Å²) in [6.45, 7) is 1.05. The molecule has 0 spiro atoms. The minimum Gasteiger partial charge on any atom is -0.390 e. The number of rotatable bonds is 8. The molecule has 5 heteroatoms. The molecule has 1 amide bonds. The molecule has 0 unspecified atom stereocenters. The zero-order valence-corrected chi connectivity index (χ0v) is 13.4. The molecule has 1 aromatic heterocycles. The largest absolute Gasteiger partial charge is 0.390 e. The van der Waals surface area contributed by atoms with Crippen LogP contribution >= 0.6 is 0 Å². The Morgan fingerprint density at radius 3 is 2.67 bits per heavy atom. The SMILES string of the molecule is N#C/C(=C/NCCCc1ccccc1)C(=O)NCc1cccnc1. The van der Waals surface area contributed by atoms with Crippen molar-refractivity contribution < 1.29 is 4.79 Å². The van der Waals surface area contributed by atoms with Gasteiger partial charge in [0.05, 0.1) is 0 Å². The number of nitrogens with zero attached hydrogens (tertiary/aromatic N) is 2. The third-order valence-electron chi connectivity index (χ3n) is 3.42. The second-order valence-corrected chi connectivity index (χ2v) is 5.26. The molecule has 0 atom stereocenters. The Kier molecular flexibility index (Phi) is 7.03. The molecule has 0 aliphatic rings. The molecule has 122 valence electrons. The molecular formula is C19H20N4O. The number of carbonyl (C=O) groups is 1. The Morgan fingerprint density at radius 2 is 1.96 bits per heavy atom. The van der Waals surface area contributed by atoms with Crippen LogP contribution in [0.4, 0.5) is 0 Å². The van der Waals surface area contributed by atoms with Crippen LogP contribution in [0.3, 0.4) is 0 Å². The van der Waals surface area contributed by atoms with E-state index >= 15 is 0 Å². The van der Waals surface area contributed by atoms with Crippen LogP contribution in [0.25, 0.3) is 0 Å². The Morgan fingerprint density at radius 1 is 1.17 bits per heavy atom. The molecule has 0 fully saturated rings. The number of nitriles is 1. The summed E-state index contributed by atoms with van der Waals surface area (Å²) in [5.41, 5.74) is 2.23. The summed E-state index contributed by atoms with van der Waals surface area (Å²) in [7, 11) is 0. The Bertz CT molecular complexity index is 705. The first-order valence-electron chi connectivity index (χ1n) is 7.84. The van der Waals surface area contributed by atoms with Gasteiger partial charge in [0, 0.05) is 31.7 Å². The zero-order chi connectivity index (χ0) is 17.0. The third-order valence-corrected chi connectivity index (χ3v) is 3.42. The highest BCUT2D eigenvalue weighted by atomic mass is 16.1. The monoisotopic (exact) mass is 320 g/mol. The first-order chi connectivity index (χ1) is 11.8. The minimum absolute atomic E-state index is 0.0681. The van der Waals surface area contributed by atoms with Gasteiger partial charge in [-0.25, -0.2) is 0 Å². The zero-order valence-electron chi connectivity index (χ0n) is 13.4. The minimum atomic E-state index is -0.392. The normalized spacial score (nSPS) is 10.7. The lowest BCUT2D eigenvalue weighted by Crippen LogP contribution is -2.25. The summed E-state index contributed by atoms with van der Waals surface area (Å²) in [5.74, 6) is -0.392. The van der Waals surface area contributed by atoms with Gasteiger partial charge in [0.25, 0.3) is 5.91 Å². The topological polar surface area (TPSA) is 77.8 Å². The molecule has 0 saturated carbocycles. The van der Waals surface area contributed by atoms with E-state index in [1.54, 1.807) is 18.5 Å².